The van der Waals surface area contributed by atoms with Gasteiger partial charge in [-0.2, -0.15) is 0 Å². The Labute approximate surface area is 56.7 Å². The summed E-state index contributed by atoms with van der Waals surface area (Å²) in [6, 6.07) is 9.40. The zero-order valence-corrected chi connectivity index (χ0v) is 5.69. The van der Waals surface area contributed by atoms with Crippen LogP contribution in [0.1, 0.15) is 0 Å². The van der Waals surface area contributed by atoms with Gasteiger partial charge in [0.1, 0.15) is 0 Å². The fraction of sp³-hybridized carbons (Fsp3) is 0. The van der Waals surface area contributed by atoms with Gasteiger partial charge in [0.25, 0.3) is 0 Å². The van der Waals surface area contributed by atoms with Gasteiger partial charge in [-0.15, -0.1) is 0 Å². The van der Waals surface area contributed by atoms with E-state index in [1.807, 2.05) is 30.3 Å². The molecule has 1 atom stereocenters. The van der Waals surface area contributed by atoms with Crippen LogP contribution in [0.5, 0.6) is 0 Å². The first kappa shape index (κ1) is 6.45. The molecule has 0 aliphatic rings. The highest BCUT2D eigenvalue weighted by Gasteiger charge is 1.87. The minimum absolute atomic E-state index is 0.829. The van der Waals surface area contributed by atoms with Crippen LogP contribution in [0.2, 0.25) is 0 Å². The van der Waals surface area contributed by atoms with Crippen LogP contribution in [-0.4, -0.2) is 0 Å². The molecule has 3 N–H and O–H groups in total. The van der Waals surface area contributed by atoms with Crippen molar-refractivity contribution in [1.29, 1.82) is 4.78 Å². The highest BCUT2D eigenvalue weighted by atomic mass is 32.2. The first-order chi connectivity index (χ1) is 4.30. The summed E-state index contributed by atoms with van der Waals surface area (Å²) in [5.74, 6) is 0. The van der Waals surface area contributed by atoms with E-state index in [0.29, 0.717) is 0 Å². The molecule has 2 nitrogen and oxygen atoms in total. The van der Waals surface area contributed by atoms with Crippen LogP contribution in [0.15, 0.2) is 35.2 Å². The van der Waals surface area contributed by atoms with Crippen molar-refractivity contribution in [3.05, 3.63) is 30.3 Å². The Kier molecular flexibility index (Phi) is 1.97. The minimum atomic E-state index is -0.829. The van der Waals surface area contributed by atoms with Crippen molar-refractivity contribution < 1.29 is 0 Å². The van der Waals surface area contributed by atoms with Crippen LogP contribution in [0.25, 0.3) is 0 Å². The molecule has 1 aromatic carbocycles. The summed E-state index contributed by atoms with van der Waals surface area (Å²) in [6.45, 7) is 0. The average Bonchev–Trinajstić information content (AvgIpc) is 1.90. The maximum Gasteiger partial charge on any atom is 0.0327 e. The minimum Gasteiger partial charge on any atom is -0.265 e. The third-order valence-electron chi connectivity index (χ3n) is 0.997. The van der Waals surface area contributed by atoms with Crippen molar-refractivity contribution >= 4 is 10.9 Å². The molecule has 48 valence electrons. The summed E-state index contributed by atoms with van der Waals surface area (Å²) >= 11 is 0. The molecule has 1 rings (SSSR count). The number of benzene rings is 1. The zero-order chi connectivity index (χ0) is 6.69. The summed E-state index contributed by atoms with van der Waals surface area (Å²) < 4.78 is 7.12. The molecule has 0 aliphatic heterocycles. The average molecular weight is 140 g/mol. The lowest BCUT2D eigenvalue weighted by atomic mass is 10.4. The summed E-state index contributed by atoms with van der Waals surface area (Å²) in [7, 11) is -0.829. The van der Waals surface area contributed by atoms with E-state index in [1.165, 1.54) is 0 Å². The summed E-state index contributed by atoms with van der Waals surface area (Å²) in [4.78, 5) is 0.887. The van der Waals surface area contributed by atoms with Crippen molar-refractivity contribution in [2.24, 2.45) is 5.14 Å². The second kappa shape index (κ2) is 2.75. The molecular weight excluding hydrogens is 132 g/mol. The number of hydrogen-bond acceptors (Lipinski definition) is 1. The molecule has 0 aromatic heterocycles. The van der Waals surface area contributed by atoms with Crippen LogP contribution in [0, 0.1) is 4.78 Å². The van der Waals surface area contributed by atoms with E-state index in [9.17, 15) is 0 Å². The topological polar surface area (TPSA) is 49.9 Å². The molecule has 0 spiro atoms. The molecule has 0 amide bonds. The number of nitrogens with one attached hydrogen (secondary N) is 1. The SMILES string of the molecule is N=S(N)c1ccccc1. The molecule has 0 bridgehead atoms. The molecule has 0 aliphatic carbocycles. The predicted molar refractivity (Wildman–Crippen MR) is 39.0 cm³/mol. The monoisotopic (exact) mass is 140 g/mol. The van der Waals surface area contributed by atoms with Gasteiger partial charge in [0.05, 0.1) is 0 Å². The summed E-state index contributed by atoms with van der Waals surface area (Å²) in [5, 5.41) is 5.31. The number of nitrogens with two attached hydrogens (primary N) is 1. The molecule has 0 saturated carbocycles. The molecule has 9 heavy (non-hydrogen) atoms. The first-order valence-electron chi connectivity index (χ1n) is 2.55. The zero-order valence-electron chi connectivity index (χ0n) is 4.87. The summed E-state index contributed by atoms with van der Waals surface area (Å²) in [5.41, 5.74) is 0. The van der Waals surface area contributed by atoms with Gasteiger partial charge >= 0.3 is 0 Å². The van der Waals surface area contributed by atoms with Crippen LogP contribution < -0.4 is 5.14 Å². The normalized spacial score (nSPS) is 13.0. The van der Waals surface area contributed by atoms with Crippen LogP contribution in [0.3, 0.4) is 0 Å². The lowest BCUT2D eigenvalue weighted by molar-refractivity contribution is 1.42. The largest absolute Gasteiger partial charge is 0.265 e. The Bertz CT molecular complexity index is 208. The van der Waals surface area contributed by atoms with Gasteiger partial charge in [0.15, 0.2) is 0 Å². The van der Waals surface area contributed by atoms with Crippen molar-refractivity contribution in [3.8, 4) is 0 Å². The van der Waals surface area contributed by atoms with Gasteiger partial charge in [-0.05, 0) is 23.0 Å². The Morgan fingerprint density at radius 1 is 1.22 bits per heavy atom. The van der Waals surface area contributed by atoms with Crippen molar-refractivity contribution in [1.82, 2.24) is 0 Å². The van der Waals surface area contributed by atoms with Gasteiger partial charge in [0.2, 0.25) is 0 Å². The predicted octanol–water partition coefficient (Wildman–Crippen LogP) is 1.30. The van der Waals surface area contributed by atoms with Gasteiger partial charge in [-0.1, -0.05) is 18.2 Å². The van der Waals surface area contributed by atoms with Crippen LogP contribution in [0.4, 0.5) is 0 Å². The Hall–Kier alpha value is -0.670. The van der Waals surface area contributed by atoms with Crippen molar-refractivity contribution in [2.75, 3.05) is 0 Å². The number of hydrogen-bond donors (Lipinski definition) is 2. The second-order valence-electron chi connectivity index (χ2n) is 1.65. The number of rotatable bonds is 1. The van der Waals surface area contributed by atoms with Crippen molar-refractivity contribution in [3.63, 3.8) is 0 Å². The Balaban J connectivity index is 2.98. The van der Waals surface area contributed by atoms with E-state index in [2.05, 4.69) is 0 Å². The Morgan fingerprint density at radius 3 is 2.11 bits per heavy atom. The lowest BCUT2D eigenvalue weighted by Gasteiger charge is -1.94. The fourth-order valence-corrected chi connectivity index (χ4v) is 1.02. The highest BCUT2D eigenvalue weighted by molar-refractivity contribution is 7.83. The highest BCUT2D eigenvalue weighted by Crippen LogP contribution is 1.99. The van der Waals surface area contributed by atoms with E-state index in [1.54, 1.807) is 0 Å². The van der Waals surface area contributed by atoms with E-state index in [0.717, 1.165) is 4.90 Å². The van der Waals surface area contributed by atoms with Gasteiger partial charge < -0.3 is 0 Å². The van der Waals surface area contributed by atoms with Gasteiger partial charge in [-0.25, -0.2) is 0 Å². The standard InChI is InChI=1S/C6H8N2S/c7-9(8)6-4-2-1-3-5-6/h1-5H,(H3,7,8). The molecule has 0 fully saturated rings. The van der Waals surface area contributed by atoms with E-state index in [-0.39, 0.29) is 0 Å². The van der Waals surface area contributed by atoms with Crippen LogP contribution in [-0.2, 0) is 10.9 Å². The fourth-order valence-electron chi connectivity index (χ4n) is 0.567. The third-order valence-corrected chi connectivity index (χ3v) is 1.78. The van der Waals surface area contributed by atoms with E-state index in [4.69, 9.17) is 9.92 Å². The second-order valence-corrected chi connectivity index (χ2v) is 2.80. The maximum atomic E-state index is 7.12. The molecule has 3 heteroatoms. The van der Waals surface area contributed by atoms with Gasteiger partial charge in [0, 0.05) is 4.90 Å². The molecule has 0 heterocycles. The molecule has 0 saturated heterocycles. The van der Waals surface area contributed by atoms with Crippen LogP contribution >= 0.6 is 0 Å². The molecular formula is C6H8N2S. The smallest absolute Gasteiger partial charge is 0.0327 e. The molecule has 1 aromatic rings. The third kappa shape index (κ3) is 1.62. The van der Waals surface area contributed by atoms with E-state index >= 15 is 0 Å². The van der Waals surface area contributed by atoms with E-state index < -0.39 is 10.9 Å². The molecule has 1 unspecified atom stereocenters. The Morgan fingerprint density at radius 2 is 1.78 bits per heavy atom. The first-order valence-corrected chi connectivity index (χ1v) is 3.84. The van der Waals surface area contributed by atoms with Crippen molar-refractivity contribution in [2.45, 2.75) is 4.90 Å². The molecule has 0 radical (unpaired) electrons. The maximum absolute atomic E-state index is 7.12. The van der Waals surface area contributed by atoms with Gasteiger partial charge in [-0.3, -0.25) is 9.92 Å². The quantitative estimate of drug-likeness (QED) is 0.607. The lowest BCUT2D eigenvalue weighted by Crippen LogP contribution is -1.99. The summed E-state index contributed by atoms with van der Waals surface area (Å²) in [6.07, 6.45) is 0.